The summed E-state index contributed by atoms with van der Waals surface area (Å²) in [6.45, 7) is 4.68. The molecule has 5 heteroatoms. The largest absolute Gasteiger partial charge is 0.487 e. The Labute approximate surface area is 144 Å². The number of hydrogen-bond acceptors (Lipinski definition) is 3. The number of carbonyl (C=O) groups is 1. The first kappa shape index (κ1) is 17.1. The number of nitrogens with one attached hydrogen (secondary N) is 1. The minimum Gasteiger partial charge on any atom is -0.487 e. The van der Waals surface area contributed by atoms with Crippen molar-refractivity contribution in [2.75, 3.05) is 13.6 Å². The molecule has 1 aliphatic carbocycles. The van der Waals surface area contributed by atoms with Gasteiger partial charge in [-0.15, -0.1) is 0 Å². The molecule has 0 aromatic heterocycles. The predicted octanol–water partition coefficient (Wildman–Crippen LogP) is 3.09. The lowest BCUT2D eigenvalue weighted by atomic mass is 9.90. The van der Waals surface area contributed by atoms with Crippen LogP contribution in [0.15, 0.2) is 24.3 Å². The van der Waals surface area contributed by atoms with E-state index in [1.807, 2.05) is 38.1 Å². The molecule has 132 valence electrons. The fourth-order valence-corrected chi connectivity index (χ4v) is 3.86. The molecule has 1 fully saturated rings. The number of ether oxygens (including phenoxy) is 1. The maximum absolute atomic E-state index is 12.6. The molecule has 3 rings (SSSR count). The average molecular weight is 332 g/mol. The van der Waals surface area contributed by atoms with E-state index in [-0.39, 0.29) is 29.7 Å². The van der Waals surface area contributed by atoms with Gasteiger partial charge in [0.25, 0.3) is 0 Å². The van der Waals surface area contributed by atoms with Crippen molar-refractivity contribution in [2.24, 2.45) is 5.92 Å². The van der Waals surface area contributed by atoms with Crippen LogP contribution in [0.25, 0.3) is 0 Å². The molecule has 5 nitrogen and oxygen atoms in total. The lowest BCUT2D eigenvalue weighted by Gasteiger charge is -2.38. The van der Waals surface area contributed by atoms with Crippen LogP contribution in [0, 0.1) is 5.92 Å². The number of aliphatic hydroxyl groups is 1. The van der Waals surface area contributed by atoms with Crippen LogP contribution in [0.1, 0.15) is 51.1 Å². The lowest BCUT2D eigenvalue weighted by Crippen LogP contribution is -2.46. The summed E-state index contributed by atoms with van der Waals surface area (Å²) in [5.41, 5.74) is 0.714. The third-order valence-corrected chi connectivity index (χ3v) is 5.15. The Bertz CT molecular complexity index is 602. The number of benzene rings is 1. The molecule has 1 aliphatic heterocycles. The van der Waals surface area contributed by atoms with Crippen LogP contribution >= 0.6 is 0 Å². The highest BCUT2D eigenvalue weighted by Crippen LogP contribution is 2.39. The van der Waals surface area contributed by atoms with E-state index < -0.39 is 0 Å². The fraction of sp³-hybridized carbons (Fsp3) is 0.632. The van der Waals surface area contributed by atoms with Crippen molar-refractivity contribution in [1.82, 2.24) is 10.2 Å². The van der Waals surface area contributed by atoms with Gasteiger partial charge in [-0.2, -0.15) is 0 Å². The number of aliphatic hydroxyl groups excluding tert-OH is 1. The topological polar surface area (TPSA) is 61.8 Å². The molecule has 0 saturated heterocycles. The maximum atomic E-state index is 12.6. The summed E-state index contributed by atoms with van der Waals surface area (Å²) in [4.78, 5) is 14.3. The Hall–Kier alpha value is -1.75. The van der Waals surface area contributed by atoms with Crippen molar-refractivity contribution < 1.29 is 14.6 Å². The molecule has 24 heavy (non-hydrogen) atoms. The Kier molecular flexibility index (Phi) is 4.72. The zero-order valence-corrected chi connectivity index (χ0v) is 14.8. The Balaban J connectivity index is 1.67. The standard InChI is InChI=1S/C19H28N2O3/c1-19(2)11-15(14-8-4-5-10-17(14)24-19)20-18(23)21(3)12-13-7-6-9-16(13)22/h4-5,8,10,13,15-16,22H,6-7,9,11-12H2,1-3H3,(H,20,23). The van der Waals surface area contributed by atoms with Crippen LogP contribution in [0.4, 0.5) is 4.79 Å². The van der Waals surface area contributed by atoms with Gasteiger partial charge in [0.05, 0.1) is 12.1 Å². The molecule has 0 radical (unpaired) electrons. The molecule has 1 heterocycles. The summed E-state index contributed by atoms with van der Waals surface area (Å²) in [6, 6.07) is 7.73. The van der Waals surface area contributed by atoms with Gasteiger partial charge >= 0.3 is 6.03 Å². The van der Waals surface area contributed by atoms with Crippen LogP contribution in [0.3, 0.4) is 0 Å². The number of para-hydroxylation sites is 1. The highest BCUT2D eigenvalue weighted by molar-refractivity contribution is 5.74. The van der Waals surface area contributed by atoms with Gasteiger partial charge in [0.1, 0.15) is 11.4 Å². The Morgan fingerprint density at radius 1 is 1.38 bits per heavy atom. The van der Waals surface area contributed by atoms with Crippen molar-refractivity contribution in [3.8, 4) is 5.75 Å². The quantitative estimate of drug-likeness (QED) is 0.894. The van der Waals surface area contributed by atoms with E-state index in [1.54, 1.807) is 11.9 Å². The Morgan fingerprint density at radius 2 is 2.12 bits per heavy atom. The normalized spacial score (nSPS) is 27.9. The van der Waals surface area contributed by atoms with Crippen LogP contribution in [-0.4, -0.2) is 41.3 Å². The second-order valence-electron chi connectivity index (χ2n) is 7.74. The van der Waals surface area contributed by atoms with E-state index in [0.717, 1.165) is 37.0 Å². The van der Waals surface area contributed by atoms with Crippen molar-refractivity contribution >= 4 is 6.03 Å². The zero-order valence-electron chi connectivity index (χ0n) is 14.8. The van der Waals surface area contributed by atoms with E-state index in [4.69, 9.17) is 4.74 Å². The van der Waals surface area contributed by atoms with Gasteiger partial charge in [0, 0.05) is 31.5 Å². The minimum absolute atomic E-state index is 0.0617. The van der Waals surface area contributed by atoms with E-state index >= 15 is 0 Å². The molecular weight excluding hydrogens is 304 g/mol. The van der Waals surface area contributed by atoms with Gasteiger partial charge in [-0.05, 0) is 32.8 Å². The number of carbonyl (C=O) groups excluding carboxylic acids is 1. The van der Waals surface area contributed by atoms with E-state index in [0.29, 0.717) is 6.54 Å². The molecule has 0 bridgehead atoms. The van der Waals surface area contributed by atoms with Crippen molar-refractivity contribution in [2.45, 2.75) is 57.3 Å². The van der Waals surface area contributed by atoms with Crippen LogP contribution in [0.2, 0.25) is 0 Å². The van der Waals surface area contributed by atoms with Gasteiger partial charge in [-0.3, -0.25) is 0 Å². The second-order valence-corrected chi connectivity index (χ2v) is 7.74. The first-order valence-corrected chi connectivity index (χ1v) is 8.83. The van der Waals surface area contributed by atoms with Gasteiger partial charge < -0.3 is 20.1 Å². The zero-order chi connectivity index (χ0) is 17.3. The van der Waals surface area contributed by atoms with E-state index in [9.17, 15) is 9.90 Å². The minimum atomic E-state index is -0.313. The molecule has 1 aromatic rings. The summed E-state index contributed by atoms with van der Waals surface area (Å²) in [7, 11) is 1.80. The van der Waals surface area contributed by atoms with Gasteiger partial charge in [0.2, 0.25) is 0 Å². The smallest absolute Gasteiger partial charge is 0.317 e. The molecule has 2 amide bonds. The maximum Gasteiger partial charge on any atom is 0.317 e. The first-order chi connectivity index (χ1) is 11.4. The number of hydrogen-bond donors (Lipinski definition) is 2. The Morgan fingerprint density at radius 3 is 2.83 bits per heavy atom. The third-order valence-electron chi connectivity index (χ3n) is 5.15. The monoisotopic (exact) mass is 332 g/mol. The van der Waals surface area contributed by atoms with Gasteiger partial charge in [0.15, 0.2) is 0 Å². The van der Waals surface area contributed by atoms with Crippen molar-refractivity contribution in [3.63, 3.8) is 0 Å². The van der Waals surface area contributed by atoms with Crippen molar-refractivity contribution in [1.29, 1.82) is 0 Å². The van der Waals surface area contributed by atoms with E-state index in [1.165, 1.54) is 0 Å². The summed E-state index contributed by atoms with van der Waals surface area (Å²) < 4.78 is 6.02. The number of fused-ring (bicyclic) bond motifs is 1. The first-order valence-electron chi connectivity index (χ1n) is 8.83. The molecule has 1 aromatic carbocycles. The highest BCUT2D eigenvalue weighted by Gasteiger charge is 2.35. The van der Waals surface area contributed by atoms with Crippen LogP contribution in [-0.2, 0) is 0 Å². The summed E-state index contributed by atoms with van der Waals surface area (Å²) in [5.74, 6) is 1.03. The highest BCUT2D eigenvalue weighted by atomic mass is 16.5. The van der Waals surface area contributed by atoms with Crippen LogP contribution < -0.4 is 10.1 Å². The van der Waals surface area contributed by atoms with E-state index in [2.05, 4.69) is 5.32 Å². The molecule has 1 saturated carbocycles. The summed E-state index contributed by atoms with van der Waals surface area (Å²) >= 11 is 0. The molecule has 2 N–H and O–H groups in total. The second kappa shape index (κ2) is 6.63. The average Bonchev–Trinajstić information content (AvgIpc) is 2.91. The number of urea groups is 1. The molecule has 0 spiro atoms. The molecule has 3 unspecified atom stereocenters. The third kappa shape index (κ3) is 3.66. The van der Waals surface area contributed by atoms with Gasteiger partial charge in [-0.1, -0.05) is 24.6 Å². The summed E-state index contributed by atoms with van der Waals surface area (Å²) in [5, 5.41) is 13.1. The SMILES string of the molecule is CN(CC1CCCC1O)C(=O)NC1CC(C)(C)Oc2ccccc21. The molecular formula is C19H28N2O3. The number of nitrogens with zero attached hydrogens (tertiary/aromatic N) is 1. The lowest BCUT2D eigenvalue weighted by molar-refractivity contribution is 0.0660. The summed E-state index contributed by atoms with van der Waals surface area (Å²) in [6.07, 6.45) is 3.34. The van der Waals surface area contributed by atoms with Crippen LogP contribution in [0.5, 0.6) is 5.75 Å². The number of amides is 2. The fourth-order valence-electron chi connectivity index (χ4n) is 3.86. The van der Waals surface area contributed by atoms with Gasteiger partial charge in [-0.25, -0.2) is 4.79 Å². The molecule has 2 aliphatic rings. The molecule has 3 atom stereocenters. The number of rotatable bonds is 3. The van der Waals surface area contributed by atoms with Crippen molar-refractivity contribution in [3.05, 3.63) is 29.8 Å². The predicted molar refractivity (Wildman–Crippen MR) is 93.0 cm³/mol.